The van der Waals surface area contributed by atoms with Crippen LogP contribution in [0.2, 0.25) is 0 Å². The van der Waals surface area contributed by atoms with Crippen LogP contribution >= 0.6 is 0 Å². The van der Waals surface area contributed by atoms with Crippen LogP contribution in [0.25, 0.3) is 72.7 Å². The first kappa shape index (κ1) is 35.2. The second kappa shape index (κ2) is 17.1. The average Bonchev–Trinajstić information content (AvgIpc) is 3.66. The predicted octanol–water partition coefficient (Wildman–Crippen LogP) is 16.6. The number of hydrogen-bond acceptors (Lipinski definition) is 3. The van der Waals surface area contributed by atoms with E-state index in [1.54, 1.807) is 52.1 Å². The molecule has 4 nitrogen and oxygen atoms in total. The topological polar surface area (TPSA) is 50.9 Å². The third-order valence-electron chi connectivity index (χ3n) is 12.1. The Kier molecular flexibility index (Phi) is 9.58. The Bertz CT molecular complexity index is 3230. The van der Waals surface area contributed by atoms with E-state index in [1.165, 1.54) is 0 Å². The van der Waals surface area contributed by atoms with E-state index >= 15 is 0 Å². The highest BCUT2D eigenvalue weighted by Crippen LogP contribution is 2.44. The maximum absolute atomic E-state index is 12.3. The summed E-state index contributed by atoms with van der Waals surface area (Å²) in [4.78, 5) is 10.3. The first-order chi connectivity index (χ1) is 32.4. The number of benzene rings is 6. The molecule has 2 heterocycles. The SMILES string of the molecule is [2H]C([2H])([2H])c1ccc(-c2ccnc(-c3cc(-c4cccc5c4nc(-c4cc(C([2H])(C)C)cc(C([2H])(C)C)c4O)n5-c4ccc(-c5c(C([2H])(C)C)cccc5C([2H])(C)C)cc4)cc(C(C)(C)C)c3)c2)cc1. The smallest absolute Gasteiger partial charge is 0.149 e. The largest absolute Gasteiger partial charge is 0.507 e. The molecular weight excluding hydrogens is 767 g/mol. The van der Waals surface area contributed by atoms with Gasteiger partial charge >= 0.3 is 0 Å². The molecule has 0 aliphatic carbocycles. The number of fused-ring (bicyclic) bond motifs is 1. The molecule has 0 amide bonds. The van der Waals surface area contributed by atoms with Crippen molar-refractivity contribution in [3.8, 4) is 67.5 Å². The fourth-order valence-corrected chi connectivity index (χ4v) is 8.52. The molecule has 0 fully saturated rings. The summed E-state index contributed by atoms with van der Waals surface area (Å²) in [6.07, 6.45) is 1.78. The summed E-state index contributed by atoms with van der Waals surface area (Å²) in [6, 6.07) is 41.0. The van der Waals surface area contributed by atoms with Gasteiger partial charge in [0.15, 0.2) is 0 Å². The normalized spacial score (nSPS) is 14.6. The van der Waals surface area contributed by atoms with Crippen molar-refractivity contribution in [2.75, 3.05) is 0 Å². The monoisotopic (exact) mass is 837 g/mol. The fraction of sp³-hybridized carbons (Fsp3) is 0.288. The number of aromatic nitrogens is 3. The van der Waals surface area contributed by atoms with Crippen LogP contribution in [-0.2, 0) is 5.41 Å². The molecule has 8 aromatic rings. The predicted molar refractivity (Wildman–Crippen MR) is 268 cm³/mol. The molecule has 6 aromatic carbocycles. The lowest BCUT2D eigenvalue weighted by atomic mass is 9.83. The lowest BCUT2D eigenvalue weighted by molar-refractivity contribution is 0.466. The van der Waals surface area contributed by atoms with Crippen molar-refractivity contribution in [3.05, 3.63) is 167 Å². The van der Waals surface area contributed by atoms with Crippen molar-refractivity contribution in [2.45, 2.75) is 112 Å². The molecule has 0 saturated heterocycles. The number of phenolic OH excluding ortho intramolecular Hbond substituents is 1. The van der Waals surface area contributed by atoms with Crippen molar-refractivity contribution in [1.29, 1.82) is 0 Å². The molecule has 0 radical (unpaired) electrons. The van der Waals surface area contributed by atoms with Crippen LogP contribution < -0.4 is 0 Å². The molecule has 0 unspecified atom stereocenters. The summed E-state index contributed by atoms with van der Waals surface area (Å²) in [5.41, 5.74) is 13.3. The summed E-state index contributed by atoms with van der Waals surface area (Å²) < 4.78 is 62.0. The van der Waals surface area contributed by atoms with Crippen LogP contribution in [-0.4, -0.2) is 19.6 Å². The number of aryl methyl sites for hydroxylation is 1. The fourth-order valence-electron chi connectivity index (χ4n) is 8.52. The zero-order valence-corrected chi connectivity index (χ0v) is 38.5. The van der Waals surface area contributed by atoms with Crippen LogP contribution in [0.5, 0.6) is 5.75 Å². The second-order valence-corrected chi connectivity index (χ2v) is 18.7. The Balaban J connectivity index is 1.38. The van der Waals surface area contributed by atoms with Crippen LogP contribution in [0.1, 0.15) is 143 Å². The highest BCUT2D eigenvalue weighted by atomic mass is 16.3. The Hall–Kier alpha value is -6.26. The van der Waals surface area contributed by atoms with Crippen molar-refractivity contribution in [3.63, 3.8) is 0 Å². The number of phenols is 1. The summed E-state index contributed by atoms with van der Waals surface area (Å²) in [6.45, 7) is 18.9. The van der Waals surface area contributed by atoms with Gasteiger partial charge < -0.3 is 5.11 Å². The van der Waals surface area contributed by atoms with Crippen LogP contribution in [0.15, 0.2) is 134 Å². The van der Waals surface area contributed by atoms with Gasteiger partial charge in [-0.1, -0.05) is 161 Å². The second-order valence-electron chi connectivity index (χ2n) is 18.7. The lowest BCUT2D eigenvalue weighted by Gasteiger charge is -2.22. The van der Waals surface area contributed by atoms with Crippen LogP contribution in [0, 0.1) is 6.85 Å². The number of imidazole rings is 1. The average molecular weight is 837 g/mol. The molecule has 0 atom stereocenters. The lowest BCUT2D eigenvalue weighted by Crippen LogP contribution is -2.11. The molecule has 0 aliphatic heterocycles. The third kappa shape index (κ3) is 8.48. The van der Waals surface area contributed by atoms with Gasteiger partial charge in [-0.15, -0.1) is 0 Å². The van der Waals surface area contributed by atoms with Crippen LogP contribution in [0.4, 0.5) is 0 Å². The number of para-hydroxylation sites is 1. The van der Waals surface area contributed by atoms with Gasteiger partial charge in [0, 0.05) is 32.6 Å². The van der Waals surface area contributed by atoms with E-state index in [2.05, 4.69) is 45.0 Å². The molecule has 320 valence electrons. The van der Waals surface area contributed by atoms with Gasteiger partial charge in [0.2, 0.25) is 0 Å². The molecular formula is C59H63N3O. The Morgan fingerprint density at radius 3 is 1.84 bits per heavy atom. The molecule has 0 aliphatic rings. The third-order valence-corrected chi connectivity index (χ3v) is 12.1. The standard InChI is InChI=1S/C59H63N3O/c1-35(2)43-32-51(38(7)8)57(63)52(33-43)58-61-56-50(44-29-45(31-46(30-44)59(10,11)12)53-34-42(27-28-60-53)40-21-19-39(9)20-22-40)17-14-18-54(56)62(58)47-25-23-41(24-26-47)55-48(36(3)4)15-13-16-49(55)37(5)6/h13-38,63H,1-12H3/i9D3,35D,36D,37D,38D. The van der Waals surface area contributed by atoms with E-state index in [1.807, 2.05) is 117 Å². The molecule has 63 heavy (non-hydrogen) atoms. The maximum atomic E-state index is 12.3. The molecule has 8 rings (SSSR count). The number of aromatic hydroxyl groups is 1. The van der Waals surface area contributed by atoms with E-state index in [-0.39, 0.29) is 16.7 Å². The molecule has 0 saturated carbocycles. The zero-order valence-electron chi connectivity index (χ0n) is 45.5. The quantitative estimate of drug-likeness (QED) is 0.149. The number of pyridine rings is 1. The Morgan fingerprint density at radius 1 is 0.587 bits per heavy atom. The molecule has 0 spiro atoms. The minimum absolute atomic E-state index is 0.0762. The van der Waals surface area contributed by atoms with Crippen molar-refractivity contribution < 1.29 is 14.7 Å². The highest BCUT2D eigenvalue weighted by Gasteiger charge is 2.25. The molecule has 0 bridgehead atoms. The van der Waals surface area contributed by atoms with E-state index < -0.39 is 30.4 Å². The minimum Gasteiger partial charge on any atom is -0.507 e. The van der Waals surface area contributed by atoms with E-state index in [9.17, 15) is 5.11 Å². The van der Waals surface area contributed by atoms with Gasteiger partial charge in [-0.05, 0) is 140 Å². The maximum Gasteiger partial charge on any atom is 0.149 e. The van der Waals surface area contributed by atoms with Crippen molar-refractivity contribution in [1.82, 2.24) is 14.5 Å². The highest BCUT2D eigenvalue weighted by molar-refractivity contribution is 5.97. The van der Waals surface area contributed by atoms with Crippen molar-refractivity contribution >= 4 is 11.0 Å². The van der Waals surface area contributed by atoms with Gasteiger partial charge in [0.25, 0.3) is 0 Å². The number of hydrogen-bond donors (Lipinski definition) is 1. The van der Waals surface area contributed by atoms with E-state index in [0.29, 0.717) is 28.0 Å². The van der Waals surface area contributed by atoms with Gasteiger partial charge in [-0.2, -0.15) is 0 Å². The van der Waals surface area contributed by atoms with E-state index in [4.69, 9.17) is 19.6 Å². The number of rotatable bonds is 10. The molecule has 1 N–H and O–H groups in total. The minimum atomic E-state index is -2.20. The van der Waals surface area contributed by atoms with Crippen molar-refractivity contribution in [2.24, 2.45) is 0 Å². The summed E-state index contributed by atoms with van der Waals surface area (Å²) in [5.74, 6) is -3.78. The molecule has 2 aromatic heterocycles. The summed E-state index contributed by atoms with van der Waals surface area (Å²) in [5, 5.41) is 12.3. The summed E-state index contributed by atoms with van der Waals surface area (Å²) in [7, 11) is 0. The first-order valence-electron chi connectivity index (χ1n) is 25.3. The zero-order chi connectivity index (χ0) is 51.1. The van der Waals surface area contributed by atoms with Gasteiger partial charge in [0.05, 0.1) is 22.3 Å². The Labute approximate surface area is 385 Å². The first-order valence-corrected chi connectivity index (χ1v) is 21.8. The number of nitrogens with zero attached hydrogens (tertiary/aromatic N) is 3. The Morgan fingerprint density at radius 2 is 1.22 bits per heavy atom. The van der Waals surface area contributed by atoms with Crippen LogP contribution in [0.3, 0.4) is 0 Å². The summed E-state index contributed by atoms with van der Waals surface area (Å²) >= 11 is 0. The van der Waals surface area contributed by atoms with Gasteiger partial charge in [-0.3, -0.25) is 9.55 Å². The van der Waals surface area contributed by atoms with E-state index in [0.717, 1.165) is 72.5 Å². The molecule has 4 heteroatoms. The van der Waals surface area contributed by atoms with Gasteiger partial charge in [0.1, 0.15) is 11.6 Å². The van der Waals surface area contributed by atoms with Gasteiger partial charge in [-0.25, -0.2) is 4.98 Å².